The van der Waals surface area contributed by atoms with Gasteiger partial charge in [0.1, 0.15) is 16.7 Å². The Morgan fingerprint density at radius 3 is 2.00 bits per heavy atom. The van der Waals surface area contributed by atoms with Crippen LogP contribution in [0.25, 0.3) is 0 Å². The number of aromatic amines is 1. The third-order valence-corrected chi connectivity index (χ3v) is 4.37. The van der Waals surface area contributed by atoms with Gasteiger partial charge in [0.05, 0.1) is 0 Å². The van der Waals surface area contributed by atoms with Crippen molar-refractivity contribution >= 4 is 75.3 Å². The molecule has 12 heteroatoms. The molecule has 0 unspecified atom stereocenters. The zero-order valence-corrected chi connectivity index (χ0v) is 17.1. The van der Waals surface area contributed by atoms with Gasteiger partial charge in [-0.2, -0.15) is 10.1 Å². The molecule has 26 heavy (non-hydrogen) atoms. The van der Waals surface area contributed by atoms with Crippen molar-refractivity contribution in [1.82, 2.24) is 30.1 Å². The molecule has 0 aliphatic rings. The summed E-state index contributed by atoms with van der Waals surface area (Å²) in [6, 6.07) is 3.30. The molecule has 0 spiro atoms. The summed E-state index contributed by atoms with van der Waals surface area (Å²) in [5.74, 6) is 0.934. The van der Waals surface area contributed by atoms with E-state index in [9.17, 15) is 0 Å². The molecule has 3 rings (SSSR count). The number of nitrogens with one attached hydrogen (secondary N) is 1. The summed E-state index contributed by atoms with van der Waals surface area (Å²) in [7, 11) is 0. The van der Waals surface area contributed by atoms with Gasteiger partial charge < -0.3 is 0 Å². The van der Waals surface area contributed by atoms with Crippen LogP contribution in [-0.4, -0.2) is 30.1 Å². The van der Waals surface area contributed by atoms with E-state index >= 15 is 0 Å². The molecule has 1 N–H and O–H groups in total. The number of hydrogen-bond donors (Lipinski definition) is 1. The highest BCUT2D eigenvalue weighted by Gasteiger charge is 2.25. The molecule has 0 bridgehead atoms. The highest BCUT2D eigenvalue weighted by atomic mass is 35.5. The Balaban J connectivity index is 2.25. The Labute approximate surface area is 173 Å². The van der Waals surface area contributed by atoms with Gasteiger partial charge in [-0.3, -0.25) is 10.00 Å². The van der Waals surface area contributed by atoms with E-state index in [1.54, 1.807) is 0 Å². The smallest absolute Gasteiger partial charge is 0.225 e. The van der Waals surface area contributed by atoms with Crippen LogP contribution in [-0.2, 0) is 0 Å². The second-order valence-electron chi connectivity index (χ2n) is 5.41. The van der Waals surface area contributed by atoms with Crippen molar-refractivity contribution in [3.63, 3.8) is 0 Å². The van der Waals surface area contributed by atoms with Gasteiger partial charge in [-0.25, -0.2) is 15.0 Å². The van der Waals surface area contributed by atoms with Crippen LogP contribution in [0, 0.1) is 0 Å². The lowest BCUT2D eigenvalue weighted by Gasteiger charge is -2.22. The molecular formula is C14H10Cl5N7. The maximum atomic E-state index is 6.27. The molecule has 3 heterocycles. The summed E-state index contributed by atoms with van der Waals surface area (Å²) in [5.41, 5.74) is 1.11. The molecule has 0 fully saturated rings. The summed E-state index contributed by atoms with van der Waals surface area (Å²) in [6.45, 7) is 4.04. The molecule has 7 nitrogen and oxygen atoms in total. The first-order chi connectivity index (χ1) is 12.3. The summed E-state index contributed by atoms with van der Waals surface area (Å²) in [5, 5.41) is 7.26. The first-order valence-corrected chi connectivity index (χ1v) is 9.09. The summed E-state index contributed by atoms with van der Waals surface area (Å²) in [4.78, 5) is 17.4. The Kier molecular flexibility index (Phi) is 5.74. The van der Waals surface area contributed by atoms with Crippen LogP contribution in [0.5, 0.6) is 0 Å². The largest absolute Gasteiger partial charge is 0.280 e. The fourth-order valence-electron chi connectivity index (χ4n) is 2.14. The number of hydrogen-bond acceptors (Lipinski definition) is 6. The second-order valence-corrected chi connectivity index (χ2v) is 7.19. The van der Waals surface area contributed by atoms with E-state index in [1.807, 2.05) is 19.9 Å². The van der Waals surface area contributed by atoms with Gasteiger partial charge in [0.15, 0.2) is 16.1 Å². The van der Waals surface area contributed by atoms with Crippen LogP contribution >= 0.6 is 58.0 Å². The average molecular weight is 454 g/mol. The average Bonchev–Trinajstić information content (AvgIpc) is 2.99. The number of nitrogens with zero attached hydrogens (tertiary/aromatic N) is 6. The highest BCUT2D eigenvalue weighted by molar-refractivity contribution is 6.39. The summed E-state index contributed by atoms with van der Waals surface area (Å²) < 4.78 is 0. The summed E-state index contributed by atoms with van der Waals surface area (Å²) >= 11 is 30.3. The number of halogens is 5. The lowest BCUT2D eigenvalue weighted by Crippen LogP contribution is -2.15. The fraction of sp³-hybridized carbons (Fsp3) is 0.214. The van der Waals surface area contributed by atoms with Crippen molar-refractivity contribution < 1.29 is 0 Å². The van der Waals surface area contributed by atoms with Crippen molar-refractivity contribution in [2.24, 2.45) is 0 Å². The van der Waals surface area contributed by atoms with E-state index < -0.39 is 0 Å². The number of anilines is 3. The molecule has 0 saturated heterocycles. The monoisotopic (exact) mass is 451 g/mol. The van der Waals surface area contributed by atoms with Crippen LogP contribution in [0.4, 0.5) is 17.3 Å². The maximum absolute atomic E-state index is 6.27. The third kappa shape index (κ3) is 3.97. The van der Waals surface area contributed by atoms with Crippen LogP contribution in [0.3, 0.4) is 0 Å². The molecule has 3 aromatic rings. The van der Waals surface area contributed by atoms with Gasteiger partial charge in [-0.1, -0.05) is 48.7 Å². The minimum absolute atomic E-state index is 0.00922. The van der Waals surface area contributed by atoms with Crippen LogP contribution < -0.4 is 4.90 Å². The Bertz CT molecular complexity index is 915. The lowest BCUT2D eigenvalue weighted by molar-refractivity contribution is 0.810. The summed E-state index contributed by atoms with van der Waals surface area (Å²) in [6.07, 6.45) is 0. The molecule has 3 aromatic heterocycles. The van der Waals surface area contributed by atoms with Gasteiger partial charge in [-0.15, -0.1) is 0 Å². The van der Waals surface area contributed by atoms with Crippen molar-refractivity contribution in [2.45, 2.75) is 19.8 Å². The molecule has 0 aliphatic carbocycles. The Morgan fingerprint density at radius 1 is 0.846 bits per heavy atom. The molecule has 0 aromatic carbocycles. The predicted octanol–water partition coefficient (Wildman–Crippen LogP) is 5.85. The Hall–Kier alpha value is -1.38. The molecule has 0 aliphatic heterocycles. The zero-order valence-electron chi connectivity index (χ0n) is 13.3. The van der Waals surface area contributed by atoms with Gasteiger partial charge in [0.2, 0.25) is 10.6 Å². The van der Waals surface area contributed by atoms with E-state index in [2.05, 4.69) is 30.1 Å². The molecule has 136 valence electrons. The van der Waals surface area contributed by atoms with Crippen molar-refractivity contribution in [2.75, 3.05) is 4.90 Å². The molecule has 0 amide bonds. The van der Waals surface area contributed by atoms with Crippen molar-refractivity contribution in [3.05, 3.63) is 43.9 Å². The molecule has 0 atom stereocenters. The van der Waals surface area contributed by atoms with Crippen LogP contribution in [0.15, 0.2) is 12.1 Å². The SMILES string of the molecule is CC(C)c1cc(N(c2cc(Cl)nc(Cl)n2)c2c(Cl)nc(Cl)nc2Cl)n[nH]1. The minimum atomic E-state index is -0.0904. The third-order valence-electron chi connectivity index (χ3n) is 3.31. The normalized spacial score (nSPS) is 11.2. The van der Waals surface area contributed by atoms with E-state index in [0.29, 0.717) is 5.82 Å². The molecule has 0 radical (unpaired) electrons. The Morgan fingerprint density at radius 2 is 1.46 bits per heavy atom. The molecule has 0 saturated carbocycles. The van der Waals surface area contributed by atoms with Gasteiger partial charge >= 0.3 is 0 Å². The van der Waals surface area contributed by atoms with Crippen LogP contribution in [0.1, 0.15) is 25.5 Å². The standard InChI is InChI=1S/C14H10Cl5N7/c1-5(2)6-3-9(25-24-6)26(8-4-7(15)20-13(18)21-8)10-11(16)22-14(19)23-12(10)17/h3-5H,1-2H3,(H,24,25). The van der Waals surface area contributed by atoms with E-state index in [0.717, 1.165) is 5.69 Å². The number of aromatic nitrogens is 6. The number of rotatable bonds is 4. The van der Waals surface area contributed by atoms with E-state index in [-0.39, 0.29) is 43.4 Å². The second kappa shape index (κ2) is 7.70. The number of H-pyrrole nitrogens is 1. The first kappa shape index (κ1) is 19.4. The van der Waals surface area contributed by atoms with Gasteiger partial charge in [0, 0.05) is 17.8 Å². The predicted molar refractivity (Wildman–Crippen MR) is 104 cm³/mol. The lowest BCUT2D eigenvalue weighted by atomic mass is 10.1. The van der Waals surface area contributed by atoms with Crippen molar-refractivity contribution in [3.8, 4) is 0 Å². The highest BCUT2D eigenvalue weighted by Crippen LogP contribution is 2.41. The van der Waals surface area contributed by atoms with E-state index in [4.69, 9.17) is 58.0 Å². The topological polar surface area (TPSA) is 83.5 Å². The van der Waals surface area contributed by atoms with E-state index in [1.165, 1.54) is 11.0 Å². The first-order valence-electron chi connectivity index (χ1n) is 7.20. The minimum Gasteiger partial charge on any atom is -0.280 e. The van der Waals surface area contributed by atoms with Crippen molar-refractivity contribution in [1.29, 1.82) is 0 Å². The quantitative estimate of drug-likeness (QED) is 0.394. The van der Waals surface area contributed by atoms with Gasteiger partial charge in [0.25, 0.3) is 0 Å². The van der Waals surface area contributed by atoms with Gasteiger partial charge in [-0.05, 0) is 29.1 Å². The maximum Gasteiger partial charge on any atom is 0.225 e. The molecular weight excluding hydrogens is 443 g/mol. The zero-order chi connectivity index (χ0) is 19.0. The fourth-order valence-corrected chi connectivity index (χ4v) is 3.35. The van der Waals surface area contributed by atoms with Crippen LogP contribution in [0.2, 0.25) is 26.0 Å².